The smallest absolute Gasteiger partial charge is 0.326 e. The summed E-state index contributed by atoms with van der Waals surface area (Å²) in [6, 6.07) is 0.720. The molecule has 4 unspecified atom stereocenters. The molecule has 0 fully saturated rings. The quantitative estimate of drug-likeness (QED) is 0.0792. The van der Waals surface area contributed by atoms with E-state index >= 15 is 0 Å². The van der Waals surface area contributed by atoms with Crippen molar-refractivity contribution in [2.45, 2.75) is 75.5 Å². The van der Waals surface area contributed by atoms with Crippen LogP contribution >= 0.6 is 0 Å². The molecule has 0 aliphatic carbocycles. The average molecular weight is 566 g/mol. The van der Waals surface area contributed by atoms with Crippen LogP contribution in [0.4, 0.5) is 0 Å². The van der Waals surface area contributed by atoms with Gasteiger partial charge in [0, 0.05) is 19.3 Å². The molecule has 0 aliphatic heterocycles. The predicted octanol–water partition coefficient (Wildman–Crippen LogP) is -2.54. The van der Waals surface area contributed by atoms with Gasteiger partial charge in [0.2, 0.25) is 29.5 Å². The van der Waals surface area contributed by atoms with Gasteiger partial charge in [-0.25, -0.2) is 4.79 Å². The number of carboxylic acids is 1. The van der Waals surface area contributed by atoms with Crippen molar-refractivity contribution in [2.75, 3.05) is 6.54 Å². The fourth-order valence-electron chi connectivity index (χ4n) is 3.63. The van der Waals surface area contributed by atoms with Crippen molar-refractivity contribution in [2.24, 2.45) is 22.9 Å². The zero-order valence-corrected chi connectivity index (χ0v) is 22.1. The molecule has 5 amide bonds. The lowest BCUT2D eigenvalue weighted by Crippen LogP contribution is -2.57. The second-order valence-corrected chi connectivity index (χ2v) is 9.29. The van der Waals surface area contributed by atoms with E-state index in [1.807, 2.05) is 0 Å². The molecular weight excluding hydrogens is 526 g/mol. The van der Waals surface area contributed by atoms with Crippen molar-refractivity contribution in [3.63, 3.8) is 0 Å². The fraction of sp³-hybridized carbons (Fsp3) is 0.520. The number of carboxylic acid groups (broad SMARTS) is 1. The van der Waals surface area contributed by atoms with Crippen LogP contribution in [0.2, 0.25) is 0 Å². The van der Waals surface area contributed by atoms with E-state index in [2.05, 4.69) is 16.0 Å². The number of hydrogen-bond acceptors (Lipinski definition) is 9. The number of nitrogens with one attached hydrogen (secondary N) is 3. The Morgan fingerprint density at radius 3 is 1.80 bits per heavy atom. The minimum atomic E-state index is -1.34. The van der Waals surface area contributed by atoms with Gasteiger partial charge in [0.15, 0.2) is 0 Å². The van der Waals surface area contributed by atoms with Gasteiger partial charge in [-0.05, 0) is 56.3 Å². The highest BCUT2D eigenvalue weighted by atomic mass is 16.4. The molecule has 1 rings (SSSR count). The highest BCUT2D eigenvalue weighted by Gasteiger charge is 2.30. The van der Waals surface area contributed by atoms with Crippen LogP contribution in [0.25, 0.3) is 0 Å². The Morgan fingerprint density at radius 2 is 1.25 bits per heavy atom. The maximum Gasteiger partial charge on any atom is 0.326 e. The highest BCUT2D eigenvalue weighted by Crippen LogP contribution is 2.13. The zero-order valence-electron chi connectivity index (χ0n) is 22.1. The summed E-state index contributed by atoms with van der Waals surface area (Å²) in [7, 11) is 0. The molecule has 0 aromatic heterocycles. The number of benzene rings is 1. The normalized spacial score (nSPS) is 13.8. The van der Waals surface area contributed by atoms with Gasteiger partial charge in [0.25, 0.3) is 0 Å². The van der Waals surface area contributed by atoms with Gasteiger partial charge in [0.05, 0.1) is 6.04 Å². The van der Waals surface area contributed by atoms with E-state index in [9.17, 15) is 39.0 Å². The second kappa shape index (κ2) is 17.4. The first-order valence-electron chi connectivity index (χ1n) is 12.8. The molecule has 15 heteroatoms. The fourth-order valence-corrected chi connectivity index (χ4v) is 3.63. The van der Waals surface area contributed by atoms with Gasteiger partial charge in [0.1, 0.15) is 23.9 Å². The maximum absolute atomic E-state index is 13.2. The van der Waals surface area contributed by atoms with E-state index in [1.165, 1.54) is 24.3 Å². The summed E-state index contributed by atoms with van der Waals surface area (Å²) in [4.78, 5) is 73.0. The molecular formula is C25H39N7O8. The SMILES string of the molecule is NCCCCC(NC(=O)C(Cc1ccc(O)cc1)NC(=O)C(CCC(N)=O)NC(=O)C(N)CCC(N)=O)C(=O)O. The Morgan fingerprint density at radius 1 is 0.725 bits per heavy atom. The third-order valence-electron chi connectivity index (χ3n) is 5.92. The summed E-state index contributed by atoms with van der Waals surface area (Å²) in [5.41, 5.74) is 22.0. The molecule has 0 bridgehead atoms. The topological polar surface area (TPSA) is 283 Å². The van der Waals surface area contributed by atoms with Crippen LogP contribution in [-0.2, 0) is 35.2 Å². The van der Waals surface area contributed by atoms with Gasteiger partial charge in [-0.2, -0.15) is 0 Å². The number of hydrogen-bond donors (Lipinski definition) is 9. The number of amides is 5. The van der Waals surface area contributed by atoms with Gasteiger partial charge >= 0.3 is 5.97 Å². The molecule has 40 heavy (non-hydrogen) atoms. The molecule has 1 aromatic rings. The first kappa shape index (κ1) is 33.8. The number of primary amides is 2. The van der Waals surface area contributed by atoms with E-state index in [0.29, 0.717) is 24.9 Å². The number of unbranched alkanes of at least 4 members (excludes halogenated alkanes) is 1. The number of aromatic hydroxyl groups is 1. The van der Waals surface area contributed by atoms with Gasteiger partial charge < -0.3 is 49.1 Å². The predicted molar refractivity (Wildman–Crippen MR) is 143 cm³/mol. The van der Waals surface area contributed by atoms with Crippen LogP contribution in [0.3, 0.4) is 0 Å². The number of carbonyl (C=O) groups is 6. The number of phenols is 1. The molecule has 1 aromatic carbocycles. The van der Waals surface area contributed by atoms with E-state index in [-0.39, 0.29) is 44.3 Å². The molecule has 13 N–H and O–H groups in total. The van der Waals surface area contributed by atoms with E-state index in [0.717, 1.165) is 0 Å². The summed E-state index contributed by atoms with van der Waals surface area (Å²) in [5, 5.41) is 26.4. The Labute approximate surface area is 231 Å². The Balaban J connectivity index is 3.15. The first-order chi connectivity index (χ1) is 18.8. The van der Waals surface area contributed by atoms with Crippen LogP contribution < -0.4 is 38.9 Å². The van der Waals surface area contributed by atoms with Crippen LogP contribution in [0, 0.1) is 0 Å². The lowest BCUT2D eigenvalue weighted by molar-refractivity contribution is -0.142. The van der Waals surface area contributed by atoms with Gasteiger partial charge in [-0.3, -0.25) is 24.0 Å². The summed E-state index contributed by atoms with van der Waals surface area (Å²) >= 11 is 0. The van der Waals surface area contributed by atoms with E-state index < -0.39 is 59.7 Å². The number of carbonyl (C=O) groups excluding carboxylic acids is 5. The first-order valence-corrected chi connectivity index (χ1v) is 12.8. The lowest BCUT2D eigenvalue weighted by atomic mass is 10.0. The van der Waals surface area contributed by atoms with Crippen LogP contribution in [0.5, 0.6) is 5.75 Å². The minimum absolute atomic E-state index is 0.0264. The minimum Gasteiger partial charge on any atom is -0.508 e. The van der Waals surface area contributed by atoms with Crippen LogP contribution in [-0.4, -0.2) is 76.4 Å². The van der Waals surface area contributed by atoms with Gasteiger partial charge in [-0.1, -0.05) is 12.1 Å². The molecule has 0 spiro atoms. The maximum atomic E-state index is 13.2. The van der Waals surface area contributed by atoms with Crippen LogP contribution in [0.1, 0.15) is 50.5 Å². The van der Waals surface area contributed by atoms with Crippen molar-refractivity contribution in [3.05, 3.63) is 29.8 Å². The Hall–Kier alpha value is -4.24. The molecule has 222 valence electrons. The average Bonchev–Trinajstić information content (AvgIpc) is 2.89. The number of rotatable bonds is 19. The monoisotopic (exact) mass is 565 g/mol. The van der Waals surface area contributed by atoms with Gasteiger partial charge in [-0.15, -0.1) is 0 Å². The molecule has 0 radical (unpaired) electrons. The lowest BCUT2D eigenvalue weighted by Gasteiger charge is -2.25. The largest absolute Gasteiger partial charge is 0.508 e. The third-order valence-corrected chi connectivity index (χ3v) is 5.92. The van der Waals surface area contributed by atoms with Crippen molar-refractivity contribution in [3.8, 4) is 5.75 Å². The van der Waals surface area contributed by atoms with Crippen molar-refractivity contribution in [1.29, 1.82) is 0 Å². The summed E-state index contributed by atoms with van der Waals surface area (Å²) in [6.07, 6.45) is 0.248. The van der Waals surface area contributed by atoms with Crippen molar-refractivity contribution in [1.82, 2.24) is 16.0 Å². The number of phenolic OH excluding ortho intramolecular Hbond substituents is 1. The molecule has 4 atom stereocenters. The molecule has 0 saturated carbocycles. The van der Waals surface area contributed by atoms with E-state index in [4.69, 9.17) is 22.9 Å². The molecule has 15 nitrogen and oxygen atoms in total. The second-order valence-electron chi connectivity index (χ2n) is 9.29. The number of aliphatic carboxylic acids is 1. The summed E-state index contributed by atoms with van der Waals surface area (Å²) in [5.74, 6) is -5.16. The highest BCUT2D eigenvalue weighted by molar-refractivity contribution is 5.94. The van der Waals surface area contributed by atoms with Crippen molar-refractivity contribution < 1.29 is 39.0 Å². The van der Waals surface area contributed by atoms with Crippen molar-refractivity contribution >= 4 is 35.5 Å². The summed E-state index contributed by atoms with van der Waals surface area (Å²) in [6.45, 7) is 0.352. The molecule has 0 aliphatic rings. The Bertz CT molecular complexity index is 1030. The molecule has 0 saturated heterocycles. The number of nitrogens with two attached hydrogens (primary N) is 4. The third kappa shape index (κ3) is 13.0. The summed E-state index contributed by atoms with van der Waals surface area (Å²) < 4.78 is 0. The standard InChI is InChI=1S/C25H39N7O8/c26-12-2-1-3-18(25(39)40)31-24(38)19(13-14-4-6-15(33)7-5-14)32-23(37)17(9-11-21(29)35)30-22(36)16(27)8-10-20(28)34/h4-7,16-19,33H,1-3,8-13,26-27H2,(H2,28,34)(H2,29,35)(H,30,36)(H,31,38)(H,32,37)(H,39,40). The van der Waals surface area contributed by atoms with E-state index in [1.54, 1.807) is 0 Å². The molecule has 0 heterocycles. The zero-order chi connectivity index (χ0) is 30.2. The Kier molecular flexibility index (Phi) is 14.7. The van der Waals surface area contributed by atoms with Crippen LogP contribution in [0.15, 0.2) is 24.3 Å².